The number of hydrogen-bond acceptors (Lipinski definition) is 2. The van der Waals surface area contributed by atoms with Crippen molar-refractivity contribution in [3.05, 3.63) is 66.4 Å². The first-order chi connectivity index (χ1) is 9.84. The van der Waals surface area contributed by atoms with Crippen LogP contribution in [0.25, 0.3) is 33.2 Å². The average Bonchev–Trinajstić information content (AvgIpc) is 2.88. The lowest BCUT2D eigenvalue weighted by atomic mass is 10.1. The highest BCUT2D eigenvalue weighted by Crippen LogP contribution is 2.35. The van der Waals surface area contributed by atoms with Crippen molar-refractivity contribution in [1.82, 2.24) is 4.98 Å². The predicted molar refractivity (Wildman–Crippen MR) is 81.7 cm³/mol. The molecule has 0 amide bonds. The molecule has 0 aliphatic heterocycles. The molecule has 2 heteroatoms. The molecule has 0 saturated carbocycles. The summed E-state index contributed by atoms with van der Waals surface area (Å²) in [5, 5.41) is 2.31. The van der Waals surface area contributed by atoms with Gasteiger partial charge in [-0.2, -0.15) is 0 Å². The van der Waals surface area contributed by atoms with E-state index in [1.54, 1.807) is 0 Å². The Balaban J connectivity index is 2.14. The molecule has 96 valence electrons. The van der Waals surface area contributed by atoms with Gasteiger partial charge in [-0.05, 0) is 30.7 Å². The minimum atomic E-state index is 0.913. The van der Waals surface area contributed by atoms with Gasteiger partial charge in [-0.3, -0.25) is 4.98 Å². The molecule has 0 saturated heterocycles. The molecule has 0 N–H and O–H groups in total. The van der Waals surface area contributed by atoms with E-state index in [1.165, 1.54) is 0 Å². The lowest BCUT2D eigenvalue weighted by molar-refractivity contribution is 0.666. The summed E-state index contributed by atoms with van der Waals surface area (Å²) in [6.07, 6.45) is 1.81. The number of pyridine rings is 1. The molecule has 0 fully saturated rings. The van der Waals surface area contributed by atoms with E-state index in [-0.39, 0.29) is 0 Å². The van der Waals surface area contributed by atoms with Crippen molar-refractivity contribution in [2.75, 3.05) is 0 Å². The normalized spacial score (nSPS) is 11.2. The summed E-state index contributed by atoms with van der Waals surface area (Å²) in [5.74, 6) is 0. The van der Waals surface area contributed by atoms with Crippen LogP contribution >= 0.6 is 0 Å². The van der Waals surface area contributed by atoms with Crippen molar-refractivity contribution in [1.29, 1.82) is 0 Å². The van der Waals surface area contributed by atoms with Gasteiger partial charge in [0, 0.05) is 22.5 Å². The molecule has 0 aliphatic rings. The lowest BCUT2D eigenvalue weighted by Crippen LogP contribution is -1.81. The predicted octanol–water partition coefficient (Wildman–Crippen LogP) is 4.96. The minimum Gasteiger partial charge on any atom is -0.455 e. The van der Waals surface area contributed by atoms with Crippen molar-refractivity contribution < 1.29 is 4.42 Å². The van der Waals surface area contributed by atoms with E-state index in [4.69, 9.17) is 4.42 Å². The van der Waals surface area contributed by atoms with E-state index in [0.29, 0.717) is 0 Å². The quantitative estimate of drug-likeness (QED) is 0.483. The van der Waals surface area contributed by atoms with Crippen LogP contribution in [0.5, 0.6) is 0 Å². The first-order valence-electron chi connectivity index (χ1n) is 6.67. The molecule has 2 aromatic carbocycles. The third-order valence-electron chi connectivity index (χ3n) is 3.66. The van der Waals surface area contributed by atoms with Crippen LogP contribution in [0.3, 0.4) is 0 Å². The zero-order chi connectivity index (χ0) is 13.5. The van der Waals surface area contributed by atoms with Gasteiger partial charge in [-0.1, -0.05) is 36.4 Å². The van der Waals surface area contributed by atoms with Crippen molar-refractivity contribution in [3.63, 3.8) is 0 Å². The summed E-state index contributed by atoms with van der Waals surface area (Å²) in [6.45, 7) is 2.07. The molecular formula is C18H13NO. The van der Waals surface area contributed by atoms with Crippen LogP contribution < -0.4 is 0 Å². The molecule has 4 aromatic rings. The van der Waals surface area contributed by atoms with Crippen LogP contribution in [-0.2, 0) is 0 Å². The van der Waals surface area contributed by atoms with Crippen molar-refractivity contribution in [2.45, 2.75) is 6.92 Å². The van der Waals surface area contributed by atoms with E-state index in [9.17, 15) is 0 Å². The van der Waals surface area contributed by atoms with E-state index in [0.717, 1.165) is 38.8 Å². The third-order valence-corrected chi connectivity index (χ3v) is 3.66. The van der Waals surface area contributed by atoms with Gasteiger partial charge < -0.3 is 4.42 Å². The van der Waals surface area contributed by atoms with E-state index >= 15 is 0 Å². The monoisotopic (exact) mass is 259 g/mol. The largest absolute Gasteiger partial charge is 0.455 e. The summed E-state index contributed by atoms with van der Waals surface area (Å²) >= 11 is 0. The standard InChI is InChI=1S/C18H13NO/c1-12-6-4-7-13-14-8-5-9-15(18(14)20-17(12)13)16-10-2-3-11-19-16/h2-11H,1H3. The highest BCUT2D eigenvalue weighted by molar-refractivity contribution is 6.09. The summed E-state index contributed by atoms with van der Waals surface area (Å²) in [7, 11) is 0. The second-order valence-corrected chi connectivity index (χ2v) is 4.95. The zero-order valence-electron chi connectivity index (χ0n) is 11.1. The average molecular weight is 259 g/mol. The van der Waals surface area contributed by atoms with Crippen LogP contribution in [-0.4, -0.2) is 4.98 Å². The number of hydrogen-bond donors (Lipinski definition) is 0. The SMILES string of the molecule is Cc1cccc2c1oc1c(-c3ccccn3)cccc12. The number of fused-ring (bicyclic) bond motifs is 3. The van der Waals surface area contributed by atoms with Crippen LogP contribution in [0.4, 0.5) is 0 Å². The van der Waals surface area contributed by atoms with Crippen LogP contribution in [0.1, 0.15) is 5.56 Å². The summed E-state index contributed by atoms with van der Waals surface area (Å²) in [4.78, 5) is 4.43. The molecule has 0 radical (unpaired) electrons. The maximum atomic E-state index is 6.13. The Hall–Kier alpha value is -2.61. The van der Waals surface area contributed by atoms with E-state index in [2.05, 4.69) is 48.3 Å². The Morgan fingerprint density at radius 1 is 0.800 bits per heavy atom. The first-order valence-corrected chi connectivity index (χ1v) is 6.67. The van der Waals surface area contributed by atoms with Crippen molar-refractivity contribution in [2.24, 2.45) is 0 Å². The van der Waals surface area contributed by atoms with Crippen molar-refractivity contribution >= 4 is 21.9 Å². The number of aromatic nitrogens is 1. The Morgan fingerprint density at radius 3 is 2.40 bits per heavy atom. The highest BCUT2D eigenvalue weighted by Gasteiger charge is 2.13. The molecule has 0 unspecified atom stereocenters. The van der Waals surface area contributed by atoms with Gasteiger partial charge in [-0.25, -0.2) is 0 Å². The van der Waals surface area contributed by atoms with Gasteiger partial charge in [0.15, 0.2) is 0 Å². The number of benzene rings is 2. The molecule has 4 rings (SSSR count). The van der Waals surface area contributed by atoms with Gasteiger partial charge in [0.05, 0.1) is 5.69 Å². The fourth-order valence-corrected chi connectivity index (χ4v) is 2.68. The first kappa shape index (κ1) is 11.2. The van der Waals surface area contributed by atoms with Gasteiger partial charge in [0.2, 0.25) is 0 Å². The number of rotatable bonds is 1. The van der Waals surface area contributed by atoms with E-state index < -0.39 is 0 Å². The molecule has 20 heavy (non-hydrogen) atoms. The Kier molecular flexibility index (Phi) is 2.36. The molecule has 0 spiro atoms. The second kappa shape index (κ2) is 4.20. The van der Waals surface area contributed by atoms with Gasteiger partial charge in [-0.15, -0.1) is 0 Å². The van der Waals surface area contributed by atoms with E-state index in [1.807, 2.05) is 24.4 Å². The van der Waals surface area contributed by atoms with Crippen LogP contribution in [0.2, 0.25) is 0 Å². The number of nitrogens with zero attached hydrogens (tertiary/aromatic N) is 1. The van der Waals surface area contributed by atoms with Crippen molar-refractivity contribution in [3.8, 4) is 11.3 Å². The smallest absolute Gasteiger partial charge is 0.144 e. The maximum absolute atomic E-state index is 6.13. The molecule has 0 bridgehead atoms. The maximum Gasteiger partial charge on any atom is 0.144 e. The molecule has 0 aliphatic carbocycles. The topological polar surface area (TPSA) is 26.0 Å². The van der Waals surface area contributed by atoms with Gasteiger partial charge in [0.25, 0.3) is 0 Å². The number of aryl methyl sites for hydroxylation is 1. The molecule has 2 aromatic heterocycles. The summed E-state index contributed by atoms with van der Waals surface area (Å²) < 4.78 is 6.13. The van der Waals surface area contributed by atoms with Gasteiger partial charge >= 0.3 is 0 Å². The molecular weight excluding hydrogens is 246 g/mol. The summed E-state index contributed by atoms with van der Waals surface area (Å²) in [5.41, 5.74) is 5.01. The lowest BCUT2D eigenvalue weighted by Gasteiger charge is -2.00. The zero-order valence-corrected chi connectivity index (χ0v) is 11.1. The number of furan rings is 1. The molecule has 2 nitrogen and oxygen atoms in total. The second-order valence-electron chi connectivity index (χ2n) is 4.95. The summed E-state index contributed by atoms with van der Waals surface area (Å²) in [6, 6.07) is 18.4. The van der Waals surface area contributed by atoms with Crippen LogP contribution in [0, 0.1) is 6.92 Å². The third kappa shape index (κ3) is 1.55. The minimum absolute atomic E-state index is 0.913. The highest BCUT2D eigenvalue weighted by atomic mass is 16.3. The fraction of sp³-hybridized carbons (Fsp3) is 0.0556. The fourth-order valence-electron chi connectivity index (χ4n) is 2.68. The molecule has 2 heterocycles. The van der Waals surface area contributed by atoms with Gasteiger partial charge in [0.1, 0.15) is 11.2 Å². The molecule has 0 atom stereocenters. The Bertz CT molecular complexity index is 907. The van der Waals surface area contributed by atoms with Crippen LogP contribution in [0.15, 0.2) is 65.2 Å². The Morgan fingerprint density at radius 2 is 1.60 bits per heavy atom. The number of para-hydroxylation sites is 2. The Labute approximate surface area is 116 Å².